The van der Waals surface area contributed by atoms with Crippen molar-refractivity contribution in [2.45, 2.75) is 17.7 Å². The van der Waals surface area contributed by atoms with E-state index in [0.29, 0.717) is 24.0 Å². The summed E-state index contributed by atoms with van der Waals surface area (Å²) in [5.74, 6) is 1.12. The molecule has 1 aliphatic rings. The molecule has 0 aromatic heterocycles. The van der Waals surface area contributed by atoms with Gasteiger partial charge >= 0.3 is 0 Å². The molecule has 0 radical (unpaired) electrons. The van der Waals surface area contributed by atoms with Crippen molar-refractivity contribution in [2.24, 2.45) is 5.92 Å². The van der Waals surface area contributed by atoms with E-state index in [1.165, 1.54) is 20.3 Å². The molecular formula is C14H22N2O4S. The zero-order valence-electron chi connectivity index (χ0n) is 12.4. The average molecular weight is 314 g/mol. The van der Waals surface area contributed by atoms with Crippen molar-refractivity contribution in [1.82, 2.24) is 10.0 Å². The van der Waals surface area contributed by atoms with Gasteiger partial charge in [0.25, 0.3) is 0 Å². The molecule has 1 aliphatic heterocycles. The van der Waals surface area contributed by atoms with E-state index < -0.39 is 10.0 Å². The topological polar surface area (TPSA) is 76.7 Å². The summed E-state index contributed by atoms with van der Waals surface area (Å²) in [6.07, 6.45) is 2.11. The average Bonchev–Trinajstić information content (AvgIpc) is 2.53. The van der Waals surface area contributed by atoms with Crippen LogP contribution < -0.4 is 19.5 Å². The van der Waals surface area contributed by atoms with Gasteiger partial charge in [0.15, 0.2) is 0 Å². The highest BCUT2D eigenvalue weighted by atomic mass is 32.2. The van der Waals surface area contributed by atoms with Crippen molar-refractivity contribution < 1.29 is 17.9 Å². The van der Waals surface area contributed by atoms with Gasteiger partial charge in [-0.25, -0.2) is 13.1 Å². The highest BCUT2D eigenvalue weighted by molar-refractivity contribution is 7.89. The van der Waals surface area contributed by atoms with Gasteiger partial charge in [-0.05, 0) is 44.0 Å². The molecule has 0 saturated carbocycles. The zero-order valence-corrected chi connectivity index (χ0v) is 13.2. The molecule has 1 fully saturated rings. The minimum atomic E-state index is -3.62. The lowest BCUT2D eigenvalue weighted by molar-refractivity contribution is 0.374. The summed E-state index contributed by atoms with van der Waals surface area (Å²) in [5, 5.41) is 3.27. The second kappa shape index (κ2) is 7.11. The van der Waals surface area contributed by atoms with E-state index in [0.717, 1.165) is 25.9 Å². The fourth-order valence-electron chi connectivity index (χ4n) is 2.40. The van der Waals surface area contributed by atoms with Crippen LogP contribution in [0.25, 0.3) is 0 Å². The molecule has 118 valence electrons. The summed E-state index contributed by atoms with van der Waals surface area (Å²) in [7, 11) is -0.668. The van der Waals surface area contributed by atoms with Crippen LogP contribution in [0.3, 0.4) is 0 Å². The lowest BCUT2D eigenvalue weighted by Gasteiger charge is -2.23. The van der Waals surface area contributed by atoms with Gasteiger partial charge in [-0.15, -0.1) is 0 Å². The molecule has 21 heavy (non-hydrogen) atoms. The van der Waals surface area contributed by atoms with Crippen LogP contribution >= 0.6 is 0 Å². The van der Waals surface area contributed by atoms with Gasteiger partial charge in [-0.2, -0.15) is 0 Å². The predicted molar refractivity (Wildman–Crippen MR) is 80.3 cm³/mol. The van der Waals surface area contributed by atoms with Crippen LogP contribution in [-0.2, 0) is 10.0 Å². The maximum atomic E-state index is 12.5. The van der Waals surface area contributed by atoms with E-state index in [1.54, 1.807) is 12.1 Å². The molecule has 2 N–H and O–H groups in total. The Morgan fingerprint density at radius 2 is 2.14 bits per heavy atom. The smallest absolute Gasteiger partial charge is 0.244 e. The van der Waals surface area contributed by atoms with Crippen LogP contribution in [0.2, 0.25) is 0 Å². The molecular weight excluding hydrogens is 292 g/mol. The van der Waals surface area contributed by atoms with Gasteiger partial charge in [0, 0.05) is 12.6 Å². The summed E-state index contributed by atoms with van der Waals surface area (Å²) in [4.78, 5) is 0.105. The predicted octanol–water partition coefficient (Wildman–Crippen LogP) is 0.982. The Bertz CT molecular complexity index is 568. The maximum absolute atomic E-state index is 12.5. The van der Waals surface area contributed by atoms with Gasteiger partial charge in [0.05, 0.1) is 14.2 Å². The number of methoxy groups -OCH3 is 2. The van der Waals surface area contributed by atoms with Crippen molar-refractivity contribution in [1.29, 1.82) is 0 Å². The molecule has 7 heteroatoms. The van der Waals surface area contributed by atoms with Gasteiger partial charge in [-0.3, -0.25) is 0 Å². The summed E-state index contributed by atoms with van der Waals surface area (Å²) in [5.41, 5.74) is 0. The first-order valence-corrected chi connectivity index (χ1v) is 8.47. The highest BCUT2D eigenvalue weighted by Crippen LogP contribution is 2.28. The largest absolute Gasteiger partial charge is 0.497 e. The summed E-state index contributed by atoms with van der Waals surface area (Å²) in [6, 6.07) is 4.73. The monoisotopic (exact) mass is 314 g/mol. The van der Waals surface area contributed by atoms with Crippen LogP contribution in [-0.4, -0.2) is 42.3 Å². The summed E-state index contributed by atoms with van der Waals surface area (Å²) < 4.78 is 37.8. The van der Waals surface area contributed by atoms with Crippen LogP contribution in [0.1, 0.15) is 12.8 Å². The molecule has 1 saturated heterocycles. The Morgan fingerprint density at radius 3 is 2.76 bits per heavy atom. The Balaban J connectivity index is 2.14. The fraction of sp³-hybridized carbons (Fsp3) is 0.571. The Morgan fingerprint density at radius 1 is 1.33 bits per heavy atom. The van der Waals surface area contributed by atoms with Crippen molar-refractivity contribution in [3.8, 4) is 11.5 Å². The quantitative estimate of drug-likeness (QED) is 0.818. The third-order valence-corrected chi connectivity index (χ3v) is 5.07. The van der Waals surface area contributed by atoms with Crippen molar-refractivity contribution >= 4 is 10.0 Å². The van der Waals surface area contributed by atoms with Gasteiger partial charge in [0.2, 0.25) is 10.0 Å². The first-order chi connectivity index (χ1) is 10.1. The second-order valence-corrected chi connectivity index (χ2v) is 6.82. The van der Waals surface area contributed by atoms with Crippen LogP contribution in [0, 0.1) is 5.92 Å². The van der Waals surface area contributed by atoms with E-state index in [2.05, 4.69) is 10.0 Å². The third kappa shape index (κ3) is 4.09. The number of ether oxygens (including phenoxy) is 2. The van der Waals surface area contributed by atoms with Crippen molar-refractivity contribution in [3.05, 3.63) is 18.2 Å². The number of rotatable bonds is 6. The van der Waals surface area contributed by atoms with Crippen molar-refractivity contribution in [3.63, 3.8) is 0 Å². The molecule has 1 atom stereocenters. The molecule has 1 aromatic carbocycles. The molecule has 0 amide bonds. The van der Waals surface area contributed by atoms with Crippen LogP contribution in [0.5, 0.6) is 11.5 Å². The van der Waals surface area contributed by atoms with E-state index >= 15 is 0 Å². The van der Waals surface area contributed by atoms with E-state index in [1.807, 2.05) is 0 Å². The number of hydrogen-bond donors (Lipinski definition) is 2. The first kappa shape index (κ1) is 16.1. The van der Waals surface area contributed by atoms with Gasteiger partial charge in [-0.1, -0.05) is 0 Å². The molecule has 0 spiro atoms. The van der Waals surface area contributed by atoms with Gasteiger partial charge in [0.1, 0.15) is 16.4 Å². The molecule has 1 unspecified atom stereocenters. The number of piperidine rings is 1. The maximum Gasteiger partial charge on any atom is 0.244 e. The Hall–Kier alpha value is -1.31. The standard InChI is InChI=1S/C14H22N2O4S/c1-19-12-5-6-13(20-2)14(8-12)21(17,18)16-10-11-4-3-7-15-9-11/h5-6,8,11,15-16H,3-4,7,9-10H2,1-2H3. The SMILES string of the molecule is COc1ccc(OC)c(S(=O)(=O)NCC2CCCNC2)c1. The number of hydrogen-bond acceptors (Lipinski definition) is 5. The minimum Gasteiger partial charge on any atom is -0.497 e. The molecule has 0 bridgehead atoms. The molecule has 1 aromatic rings. The number of benzene rings is 1. The summed E-state index contributed by atoms with van der Waals surface area (Å²) >= 11 is 0. The fourth-order valence-corrected chi connectivity index (χ4v) is 3.70. The van der Waals surface area contributed by atoms with Crippen molar-refractivity contribution in [2.75, 3.05) is 33.9 Å². The number of sulfonamides is 1. The van der Waals surface area contributed by atoms with Crippen LogP contribution in [0.4, 0.5) is 0 Å². The third-order valence-electron chi connectivity index (χ3n) is 3.62. The molecule has 2 rings (SSSR count). The number of nitrogens with one attached hydrogen (secondary N) is 2. The van der Waals surface area contributed by atoms with Gasteiger partial charge < -0.3 is 14.8 Å². The lowest BCUT2D eigenvalue weighted by Crippen LogP contribution is -2.38. The molecule has 6 nitrogen and oxygen atoms in total. The highest BCUT2D eigenvalue weighted by Gasteiger charge is 2.22. The Kier molecular flexibility index (Phi) is 5.44. The Labute approximate surface area is 125 Å². The molecule has 1 heterocycles. The molecule has 0 aliphatic carbocycles. The summed E-state index contributed by atoms with van der Waals surface area (Å²) in [6.45, 7) is 2.28. The van der Waals surface area contributed by atoms with Crippen LogP contribution in [0.15, 0.2) is 23.1 Å². The second-order valence-electron chi connectivity index (χ2n) is 5.08. The van der Waals surface area contributed by atoms with E-state index in [9.17, 15) is 8.42 Å². The van der Waals surface area contributed by atoms with E-state index in [-0.39, 0.29) is 4.90 Å². The normalized spacial score (nSPS) is 19.2. The minimum absolute atomic E-state index is 0.105. The zero-order chi connectivity index (χ0) is 15.3. The van der Waals surface area contributed by atoms with E-state index in [4.69, 9.17) is 9.47 Å². The lowest BCUT2D eigenvalue weighted by atomic mass is 10.0. The first-order valence-electron chi connectivity index (χ1n) is 6.99.